The van der Waals surface area contributed by atoms with Crippen molar-refractivity contribution in [3.05, 3.63) is 0 Å². The quantitative estimate of drug-likeness (QED) is 0.695. The number of likely N-dealkylation sites (N-methyl/N-ethyl adjacent to an activating group) is 1. The number of methoxy groups -OCH3 is 1. The van der Waals surface area contributed by atoms with Crippen LogP contribution >= 0.6 is 0 Å². The van der Waals surface area contributed by atoms with Crippen LogP contribution in [-0.2, 0) is 9.53 Å². The molecule has 4 heteroatoms. The molecule has 118 valence electrons. The lowest BCUT2D eigenvalue weighted by atomic mass is 9.99. The molecule has 0 aliphatic heterocycles. The van der Waals surface area contributed by atoms with Crippen molar-refractivity contribution in [1.29, 1.82) is 0 Å². The van der Waals surface area contributed by atoms with E-state index in [1.165, 1.54) is 39.2 Å². The van der Waals surface area contributed by atoms with E-state index in [1.54, 1.807) is 0 Å². The number of ether oxygens (including phenoxy) is 1. The summed E-state index contributed by atoms with van der Waals surface area (Å²) < 4.78 is 4.97. The van der Waals surface area contributed by atoms with E-state index >= 15 is 0 Å². The molecule has 0 amide bonds. The van der Waals surface area contributed by atoms with Gasteiger partial charge in [-0.25, -0.2) is 0 Å². The molecule has 0 spiro atoms. The van der Waals surface area contributed by atoms with Crippen LogP contribution in [0.5, 0.6) is 0 Å². The van der Waals surface area contributed by atoms with Gasteiger partial charge in [-0.05, 0) is 45.7 Å². The van der Waals surface area contributed by atoms with Gasteiger partial charge in [0.1, 0.15) is 5.54 Å². The van der Waals surface area contributed by atoms with Crippen molar-refractivity contribution < 1.29 is 9.53 Å². The van der Waals surface area contributed by atoms with Crippen LogP contribution < -0.4 is 5.32 Å². The fourth-order valence-electron chi connectivity index (χ4n) is 2.96. The smallest absolute Gasteiger partial charge is 0.327 e. The molecular formula is C16H32N2O2. The van der Waals surface area contributed by atoms with Crippen LogP contribution in [0, 0.1) is 5.92 Å². The van der Waals surface area contributed by atoms with Crippen LogP contribution in [0.15, 0.2) is 0 Å². The van der Waals surface area contributed by atoms with Gasteiger partial charge in [0.15, 0.2) is 0 Å². The highest BCUT2D eigenvalue weighted by molar-refractivity contribution is 5.80. The number of esters is 1. The Morgan fingerprint density at radius 3 is 2.45 bits per heavy atom. The largest absolute Gasteiger partial charge is 0.468 e. The number of hydrogen-bond donors (Lipinski definition) is 1. The van der Waals surface area contributed by atoms with Crippen LogP contribution in [0.4, 0.5) is 0 Å². The van der Waals surface area contributed by atoms with Crippen LogP contribution in [0.1, 0.15) is 52.9 Å². The van der Waals surface area contributed by atoms with E-state index in [0.29, 0.717) is 12.0 Å². The maximum Gasteiger partial charge on any atom is 0.327 e. The molecule has 1 aliphatic carbocycles. The lowest BCUT2D eigenvalue weighted by molar-refractivity contribution is -0.148. The van der Waals surface area contributed by atoms with E-state index in [1.807, 2.05) is 14.0 Å². The van der Waals surface area contributed by atoms with Crippen molar-refractivity contribution in [2.45, 2.75) is 64.5 Å². The predicted molar refractivity (Wildman–Crippen MR) is 82.8 cm³/mol. The first-order valence-corrected chi connectivity index (χ1v) is 7.94. The van der Waals surface area contributed by atoms with Gasteiger partial charge in [0, 0.05) is 12.6 Å². The maximum atomic E-state index is 12.0. The Bertz CT molecular complexity index is 301. The van der Waals surface area contributed by atoms with Gasteiger partial charge in [-0.1, -0.05) is 26.7 Å². The Kier molecular flexibility index (Phi) is 6.96. The summed E-state index contributed by atoms with van der Waals surface area (Å²) in [5, 5.41) is 3.15. The highest BCUT2D eigenvalue weighted by atomic mass is 16.5. The van der Waals surface area contributed by atoms with E-state index in [2.05, 4.69) is 24.1 Å². The van der Waals surface area contributed by atoms with Crippen LogP contribution in [0.25, 0.3) is 0 Å². The van der Waals surface area contributed by atoms with Crippen molar-refractivity contribution >= 4 is 5.97 Å². The lowest BCUT2D eigenvalue weighted by Gasteiger charge is -2.37. The Balaban J connectivity index is 2.73. The number of carbonyl (C=O) groups excluding carboxylic acids is 1. The van der Waals surface area contributed by atoms with Gasteiger partial charge in [0.05, 0.1) is 7.11 Å². The number of hydrogen-bond acceptors (Lipinski definition) is 4. The Hall–Kier alpha value is -0.610. The first kappa shape index (κ1) is 17.4. The topological polar surface area (TPSA) is 41.6 Å². The number of nitrogens with one attached hydrogen (secondary N) is 1. The minimum absolute atomic E-state index is 0.174. The SMILES string of the molecule is CNC(C)(CN(CCC(C)C)C1CCCC1)C(=O)OC. The van der Waals surface area contributed by atoms with Crippen molar-refractivity contribution in [3.63, 3.8) is 0 Å². The molecule has 0 aromatic carbocycles. The average molecular weight is 284 g/mol. The standard InChI is InChI=1S/C16H32N2O2/c1-13(2)10-11-18(14-8-6-7-9-14)12-16(3,17-4)15(19)20-5/h13-14,17H,6-12H2,1-5H3. The molecule has 0 saturated heterocycles. The first-order chi connectivity index (χ1) is 9.42. The third kappa shape index (κ3) is 4.74. The second-order valence-electron chi connectivity index (χ2n) is 6.66. The molecule has 1 saturated carbocycles. The normalized spacial score (nSPS) is 19.6. The minimum Gasteiger partial charge on any atom is -0.468 e. The van der Waals surface area contributed by atoms with Crippen LogP contribution in [0.3, 0.4) is 0 Å². The number of carbonyl (C=O) groups is 1. The zero-order valence-corrected chi connectivity index (χ0v) is 13.9. The molecule has 4 nitrogen and oxygen atoms in total. The van der Waals surface area contributed by atoms with Crippen molar-refractivity contribution in [2.24, 2.45) is 5.92 Å². The summed E-state index contributed by atoms with van der Waals surface area (Å²) >= 11 is 0. The molecule has 0 aromatic heterocycles. The second-order valence-corrected chi connectivity index (χ2v) is 6.66. The third-order valence-corrected chi connectivity index (χ3v) is 4.54. The Labute approximate surface area is 124 Å². The molecule has 1 N–H and O–H groups in total. The summed E-state index contributed by atoms with van der Waals surface area (Å²) in [5.74, 6) is 0.519. The Morgan fingerprint density at radius 2 is 2.00 bits per heavy atom. The van der Waals surface area contributed by atoms with Gasteiger partial charge >= 0.3 is 5.97 Å². The van der Waals surface area contributed by atoms with Gasteiger partial charge < -0.3 is 10.1 Å². The van der Waals surface area contributed by atoms with Crippen molar-refractivity contribution in [1.82, 2.24) is 10.2 Å². The molecule has 1 aliphatic rings. The van der Waals surface area contributed by atoms with Gasteiger partial charge in [-0.2, -0.15) is 0 Å². The zero-order chi connectivity index (χ0) is 15.2. The highest BCUT2D eigenvalue weighted by Crippen LogP contribution is 2.26. The summed E-state index contributed by atoms with van der Waals surface area (Å²) in [6.45, 7) is 8.25. The molecule has 0 heterocycles. The van der Waals surface area contributed by atoms with E-state index in [-0.39, 0.29) is 5.97 Å². The van der Waals surface area contributed by atoms with Gasteiger partial charge in [-0.3, -0.25) is 9.69 Å². The molecule has 1 unspecified atom stereocenters. The molecule has 0 aromatic rings. The van der Waals surface area contributed by atoms with Crippen molar-refractivity contribution in [2.75, 3.05) is 27.2 Å². The summed E-state index contributed by atoms with van der Waals surface area (Å²) in [6.07, 6.45) is 6.34. The molecule has 0 bridgehead atoms. The molecule has 0 radical (unpaired) electrons. The van der Waals surface area contributed by atoms with E-state index in [4.69, 9.17) is 4.74 Å². The van der Waals surface area contributed by atoms with Gasteiger partial charge in [0.25, 0.3) is 0 Å². The minimum atomic E-state index is -0.617. The van der Waals surface area contributed by atoms with Gasteiger partial charge in [0.2, 0.25) is 0 Å². The monoisotopic (exact) mass is 284 g/mol. The second kappa shape index (κ2) is 7.99. The number of nitrogens with zero attached hydrogens (tertiary/aromatic N) is 1. The predicted octanol–water partition coefficient (Wildman–Crippen LogP) is 2.43. The van der Waals surface area contributed by atoms with E-state index in [0.717, 1.165) is 13.1 Å². The highest BCUT2D eigenvalue weighted by Gasteiger charge is 2.37. The Morgan fingerprint density at radius 1 is 1.40 bits per heavy atom. The molecule has 1 atom stereocenters. The summed E-state index contributed by atoms with van der Waals surface area (Å²) in [4.78, 5) is 14.5. The lowest BCUT2D eigenvalue weighted by Crippen LogP contribution is -2.57. The maximum absolute atomic E-state index is 12.0. The molecule has 20 heavy (non-hydrogen) atoms. The first-order valence-electron chi connectivity index (χ1n) is 7.94. The van der Waals surface area contributed by atoms with Crippen LogP contribution in [-0.4, -0.2) is 49.7 Å². The van der Waals surface area contributed by atoms with E-state index < -0.39 is 5.54 Å². The van der Waals surface area contributed by atoms with Crippen molar-refractivity contribution in [3.8, 4) is 0 Å². The average Bonchev–Trinajstić information content (AvgIpc) is 2.96. The summed E-state index contributed by atoms with van der Waals surface area (Å²) in [5.41, 5.74) is -0.617. The molecule has 1 fully saturated rings. The van der Waals surface area contributed by atoms with Gasteiger partial charge in [-0.15, -0.1) is 0 Å². The third-order valence-electron chi connectivity index (χ3n) is 4.54. The summed E-state index contributed by atoms with van der Waals surface area (Å²) in [6, 6.07) is 0.631. The van der Waals surface area contributed by atoms with E-state index in [9.17, 15) is 4.79 Å². The van der Waals surface area contributed by atoms with Crippen LogP contribution in [0.2, 0.25) is 0 Å². The number of rotatable bonds is 8. The molecule has 1 rings (SSSR count). The summed E-state index contributed by atoms with van der Waals surface area (Å²) in [7, 11) is 3.30. The fraction of sp³-hybridized carbons (Fsp3) is 0.938. The molecular weight excluding hydrogens is 252 g/mol. The fourth-order valence-corrected chi connectivity index (χ4v) is 2.96. The zero-order valence-electron chi connectivity index (χ0n) is 13.9.